The van der Waals surface area contributed by atoms with Crippen LogP contribution in [-0.2, 0) is 20.8 Å². The number of halogens is 1. The molecule has 1 aromatic carbocycles. The van der Waals surface area contributed by atoms with E-state index in [0.29, 0.717) is 10.2 Å². The molecular weight excluding hydrogens is 368 g/mol. The fraction of sp³-hybridized carbons (Fsp3) is 0.364. The Balaban J connectivity index is 2.99. The number of primary sulfonamides is 1. The molecule has 0 saturated heterocycles. The summed E-state index contributed by atoms with van der Waals surface area (Å²) in [5, 5.41) is 7.69. The quantitative estimate of drug-likeness (QED) is 0.776. The maximum atomic E-state index is 12.0. The number of sulfonamides is 1. The van der Waals surface area contributed by atoms with Crippen LogP contribution in [-0.4, -0.2) is 36.6 Å². The van der Waals surface area contributed by atoms with E-state index in [2.05, 4.69) is 21.2 Å². The van der Waals surface area contributed by atoms with Crippen molar-refractivity contribution in [1.82, 2.24) is 5.32 Å². The molecule has 0 aromatic heterocycles. The zero-order valence-corrected chi connectivity index (χ0v) is 14.1. The molecule has 0 fully saturated rings. The van der Waals surface area contributed by atoms with Gasteiger partial charge in [-0.3, -0.25) is 9.00 Å². The standard InChI is InChI=1S/C11H15BrN2O4S2/c1-7(6-19(2)16)14-11(15)8-3-9(12)5-10(4-8)20(13,17)18/h3-5,7H,6H2,1-2H3,(H,14,15)(H2,13,17,18). The smallest absolute Gasteiger partial charge is 0.251 e. The highest BCUT2D eigenvalue weighted by Gasteiger charge is 2.16. The number of hydrogen-bond acceptors (Lipinski definition) is 4. The summed E-state index contributed by atoms with van der Waals surface area (Å²) in [6.45, 7) is 1.72. The Kier molecular flexibility index (Phi) is 5.87. The maximum Gasteiger partial charge on any atom is 0.251 e. The van der Waals surface area contributed by atoms with E-state index in [-0.39, 0.29) is 16.5 Å². The van der Waals surface area contributed by atoms with E-state index >= 15 is 0 Å². The first kappa shape index (κ1) is 17.3. The number of carbonyl (C=O) groups is 1. The lowest BCUT2D eigenvalue weighted by atomic mass is 10.2. The molecule has 0 spiro atoms. The van der Waals surface area contributed by atoms with Crippen molar-refractivity contribution in [2.75, 3.05) is 12.0 Å². The molecule has 6 nitrogen and oxygen atoms in total. The molecule has 112 valence electrons. The van der Waals surface area contributed by atoms with E-state index in [4.69, 9.17) is 5.14 Å². The highest BCUT2D eigenvalue weighted by Crippen LogP contribution is 2.18. The van der Waals surface area contributed by atoms with E-state index in [9.17, 15) is 17.4 Å². The lowest BCUT2D eigenvalue weighted by molar-refractivity contribution is 0.0943. The number of benzene rings is 1. The molecule has 9 heteroatoms. The number of hydrogen-bond donors (Lipinski definition) is 2. The number of nitrogens with two attached hydrogens (primary N) is 1. The van der Waals surface area contributed by atoms with Crippen LogP contribution in [0.5, 0.6) is 0 Å². The molecular formula is C11H15BrN2O4S2. The van der Waals surface area contributed by atoms with Gasteiger partial charge in [0.25, 0.3) is 5.91 Å². The minimum absolute atomic E-state index is 0.149. The number of rotatable bonds is 5. The van der Waals surface area contributed by atoms with E-state index in [1.54, 1.807) is 13.2 Å². The molecule has 1 rings (SSSR count). The van der Waals surface area contributed by atoms with Gasteiger partial charge in [-0.2, -0.15) is 0 Å². The van der Waals surface area contributed by atoms with Gasteiger partial charge in [0, 0.05) is 38.9 Å². The van der Waals surface area contributed by atoms with E-state index in [1.165, 1.54) is 18.2 Å². The minimum atomic E-state index is -3.89. The van der Waals surface area contributed by atoms with Crippen LogP contribution in [0.2, 0.25) is 0 Å². The van der Waals surface area contributed by atoms with Gasteiger partial charge >= 0.3 is 0 Å². The highest BCUT2D eigenvalue weighted by atomic mass is 79.9. The normalized spacial score (nSPS) is 14.6. The molecule has 2 atom stereocenters. The summed E-state index contributed by atoms with van der Waals surface area (Å²) >= 11 is 3.13. The first-order chi connectivity index (χ1) is 9.09. The molecule has 0 heterocycles. The van der Waals surface area contributed by atoms with E-state index in [1.807, 2.05) is 0 Å². The van der Waals surface area contributed by atoms with Gasteiger partial charge in [-0.05, 0) is 25.1 Å². The zero-order valence-electron chi connectivity index (χ0n) is 10.9. The van der Waals surface area contributed by atoms with E-state index in [0.717, 1.165) is 0 Å². The van der Waals surface area contributed by atoms with E-state index < -0.39 is 26.7 Å². The number of carbonyl (C=O) groups excluding carboxylic acids is 1. The van der Waals surface area contributed by atoms with Gasteiger partial charge < -0.3 is 5.32 Å². The largest absolute Gasteiger partial charge is 0.349 e. The molecule has 1 amide bonds. The summed E-state index contributed by atoms with van der Waals surface area (Å²) in [5.74, 6) is -0.129. The lowest BCUT2D eigenvalue weighted by Gasteiger charge is -2.13. The summed E-state index contributed by atoms with van der Waals surface area (Å²) in [6.07, 6.45) is 1.54. The molecule has 0 radical (unpaired) electrons. The van der Waals surface area contributed by atoms with Crippen molar-refractivity contribution in [3.05, 3.63) is 28.2 Å². The highest BCUT2D eigenvalue weighted by molar-refractivity contribution is 9.10. The fourth-order valence-corrected chi connectivity index (χ4v) is 3.57. The molecule has 0 aliphatic heterocycles. The molecule has 20 heavy (non-hydrogen) atoms. The van der Waals surface area contributed by atoms with Crippen LogP contribution in [0.4, 0.5) is 0 Å². The molecule has 2 unspecified atom stereocenters. The van der Waals surface area contributed by atoms with Crippen LogP contribution in [0, 0.1) is 0 Å². The van der Waals surface area contributed by atoms with Crippen LogP contribution >= 0.6 is 15.9 Å². The Morgan fingerprint density at radius 1 is 1.45 bits per heavy atom. The van der Waals surface area contributed by atoms with Crippen LogP contribution in [0.15, 0.2) is 27.6 Å². The number of amides is 1. The predicted molar refractivity (Wildman–Crippen MR) is 81.4 cm³/mol. The first-order valence-electron chi connectivity index (χ1n) is 5.54. The fourth-order valence-electron chi connectivity index (χ4n) is 1.56. The molecule has 0 bridgehead atoms. The summed E-state index contributed by atoms with van der Waals surface area (Å²) in [6, 6.07) is 3.71. The molecule has 0 aliphatic carbocycles. The van der Waals surface area contributed by atoms with Crippen LogP contribution in [0.25, 0.3) is 0 Å². The molecule has 1 aromatic rings. The first-order valence-corrected chi connectivity index (χ1v) is 9.60. The number of nitrogens with one attached hydrogen (secondary N) is 1. The van der Waals surface area contributed by atoms with Crippen molar-refractivity contribution < 1.29 is 17.4 Å². The van der Waals surface area contributed by atoms with Crippen molar-refractivity contribution in [3.8, 4) is 0 Å². The average Bonchev–Trinajstić information content (AvgIpc) is 2.25. The van der Waals surface area contributed by atoms with Crippen molar-refractivity contribution >= 4 is 42.7 Å². The second-order valence-electron chi connectivity index (χ2n) is 4.33. The molecule has 0 aliphatic rings. The Bertz CT molecular complexity index is 646. The zero-order chi connectivity index (χ0) is 15.5. The van der Waals surface area contributed by atoms with Gasteiger partial charge in [0.05, 0.1) is 4.90 Å². The Morgan fingerprint density at radius 3 is 2.55 bits per heavy atom. The monoisotopic (exact) mass is 382 g/mol. The van der Waals surface area contributed by atoms with Gasteiger partial charge in [0.15, 0.2) is 0 Å². The lowest BCUT2D eigenvalue weighted by Crippen LogP contribution is -2.36. The summed E-state index contributed by atoms with van der Waals surface area (Å²) in [7, 11) is -4.92. The Morgan fingerprint density at radius 2 is 2.05 bits per heavy atom. The summed E-state index contributed by atoms with van der Waals surface area (Å²) in [5.41, 5.74) is 0.164. The average molecular weight is 383 g/mol. The van der Waals surface area contributed by atoms with Crippen LogP contribution < -0.4 is 10.5 Å². The second kappa shape index (κ2) is 6.79. The van der Waals surface area contributed by atoms with Crippen molar-refractivity contribution in [1.29, 1.82) is 0 Å². The van der Waals surface area contributed by atoms with Crippen molar-refractivity contribution in [2.24, 2.45) is 5.14 Å². The van der Waals surface area contributed by atoms with Crippen molar-refractivity contribution in [3.63, 3.8) is 0 Å². The third-order valence-corrected chi connectivity index (χ3v) is 4.64. The van der Waals surface area contributed by atoms with Gasteiger partial charge in [-0.15, -0.1) is 0 Å². The maximum absolute atomic E-state index is 12.0. The second-order valence-corrected chi connectivity index (χ2v) is 8.29. The molecule has 3 N–H and O–H groups in total. The summed E-state index contributed by atoms with van der Waals surface area (Å²) in [4.78, 5) is 11.9. The third-order valence-electron chi connectivity index (χ3n) is 2.32. The SMILES string of the molecule is CC(CS(C)=O)NC(=O)c1cc(Br)cc(S(N)(=O)=O)c1. The third kappa shape index (κ3) is 5.31. The van der Waals surface area contributed by atoms with Gasteiger partial charge in [0.1, 0.15) is 0 Å². The van der Waals surface area contributed by atoms with Gasteiger partial charge in [0.2, 0.25) is 10.0 Å². The van der Waals surface area contributed by atoms with Crippen molar-refractivity contribution in [2.45, 2.75) is 17.9 Å². The predicted octanol–water partition coefficient (Wildman–Crippen LogP) is 0.593. The summed E-state index contributed by atoms with van der Waals surface area (Å²) < 4.78 is 34.1. The minimum Gasteiger partial charge on any atom is -0.349 e. The van der Waals surface area contributed by atoms with Crippen LogP contribution in [0.1, 0.15) is 17.3 Å². The van der Waals surface area contributed by atoms with Crippen LogP contribution in [0.3, 0.4) is 0 Å². The molecule has 0 saturated carbocycles. The topological polar surface area (TPSA) is 106 Å². The van der Waals surface area contributed by atoms with Gasteiger partial charge in [-0.25, -0.2) is 13.6 Å². The Labute approximate surface area is 128 Å². The van der Waals surface area contributed by atoms with Gasteiger partial charge in [-0.1, -0.05) is 15.9 Å². The Hall–Kier alpha value is -0.770.